The first-order chi connectivity index (χ1) is 29.0. The summed E-state index contributed by atoms with van der Waals surface area (Å²) in [5.41, 5.74) is 10.5. The number of piperidine rings is 1. The molecule has 1 saturated heterocycles. The summed E-state index contributed by atoms with van der Waals surface area (Å²) in [6.45, 7) is 6.03. The van der Waals surface area contributed by atoms with E-state index in [1.54, 1.807) is 24.0 Å². The first kappa shape index (κ1) is 38.8. The second-order valence-electron chi connectivity index (χ2n) is 15.5. The standard InChI is InChI=1S/C42H41BrN8O8S/c1-3-23-24-13-22(5-6-29(24)47-34-25(23)17-51-30(34)14-27-26(38(51)52)18-56-39(53)42(27,55)4-2)59-41(54)49-10-7-21(8-11-49)9-12-50-37-35(36(44)45-19-46-37)48-40(50)60-33-16-32-31(15-28(33)43)57-20-58-32/h5-6,13-16,19,21,38,52,55H,3-4,7-12,17-18,20H2,1-2H3,(H2,44,45,46)/t38?,42-/m1/s1. The number of aromatic nitrogens is 5. The van der Waals surface area contributed by atoms with Crippen LogP contribution in [-0.2, 0) is 29.0 Å². The lowest BCUT2D eigenvalue weighted by Crippen LogP contribution is -2.50. The van der Waals surface area contributed by atoms with Crippen molar-refractivity contribution >= 4 is 73.3 Å². The van der Waals surface area contributed by atoms with Gasteiger partial charge in [-0.1, -0.05) is 25.6 Å². The SMILES string of the molecule is CCc1c2c(nc3ccc(OC(=O)N4CCC(CCn5c(Sc6cc7c(cc6Br)OCO7)nc6c(N)ncnc65)CC4)cc13)C1=CC3=C(COC(=O)[C@@]3(O)CC)C(O)N1C2. The molecule has 0 saturated carbocycles. The van der Waals surface area contributed by atoms with Crippen LogP contribution in [0.25, 0.3) is 27.8 Å². The summed E-state index contributed by atoms with van der Waals surface area (Å²) < 4.78 is 25.4. The first-order valence-corrected chi connectivity index (χ1v) is 21.6. The molecule has 18 heteroatoms. The third-order valence-corrected chi connectivity index (χ3v) is 14.3. The predicted molar refractivity (Wildman–Crippen MR) is 223 cm³/mol. The zero-order chi connectivity index (χ0) is 41.4. The van der Waals surface area contributed by atoms with Crippen LogP contribution in [-0.4, -0.2) is 94.9 Å². The topological polar surface area (TPSA) is 201 Å². The Morgan fingerprint density at radius 2 is 1.90 bits per heavy atom. The third kappa shape index (κ3) is 6.33. The minimum atomic E-state index is -1.84. The Labute approximate surface area is 356 Å². The molecule has 10 rings (SSSR count). The fraction of sp³-hybridized carbons (Fsp3) is 0.381. The summed E-state index contributed by atoms with van der Waals surface area (Å²) >= 11 is 5.15. The summed E-state index contributed by atoms with van der Waals surface area (Å²) in [4.78, 5) is 49.2. The number of anilines is 1. The van der Waals surface area contributed by atoms with Crippen molar-refractivity contribution in [3.63, 3.8) is 0 Å². The highest BCUT2D eigenvalue weighted by molar-refractivity contribution is 9.10. The van der Waals surface area contributed by atoms with Gasteiger partial charge in [0.15, 0.2) is 45.5 Å². The van der Waals surface area contributed by atoms with Gasteiger partial charge >= 0.3 is 12.1 Å². The van der Waals surface area contributed by atoms with Crippen molar-refractivity contribution < 1.29 is 38.7 Å². The van der Waals surface area contributed by atoms with Gasteiger partial charge in [0.25, 0.3) is 0 Å². The van der Waals surface area contributed by atoms with E-state index in [0.29, 0.717) is 101 Å². The third-order valence-electron chi connectivity index (χ3n) is 12.3. The number of ether oxygens (including phenoxy) is 4. The van der Waals surface area contributed by atoms with E-state index in [-0.39, 0.29) is 19.8 Å². The van der Waals surface area contributed by atoms with Gasteiger partial charge in [-0.2, -0.15) is 0 Å². The number of nitrogens with zero attached hydrogens (tertiary/aromatic N) is 7. The van der Waals surface area contributed by atoms with Crippen LogP contribution in [0.2, 0.25) is 0 Å². The number of carbonyl (C=O) groups is 2. The van der Waals surface area contributed by atoms with Crippen molar-refractivity contribution in [3.05, 3.63) is 75.2 Å². The van der Waals surface area contributed by atoms with E-state index in [1.807, 2.05) is 29.2 Å². The smallest absolute Gasteiger partial charge is 0.415 e. The molecule has 8 heterocycles. The van der Waals surface area contributed by atoms with E-state index in [2.05, 4.69) is 37.4 Å². The van der Waals surface area contributed by atoms with E-state index in [4.69, 9.17) is 34.6 Å². The van der Waals surface area contributed by atoms with Gasteiger partial charge in [0.2, 0.25) is 6.79 Å². The van der Waals surface area contributed by atoms with Crippen LogP contribution in [0.1, 0.15) is 56.4 Å². The van der Waals surface area contributed by atoms with Crippen LogP contribution in [0.15, 0.2) is 68.4 Å². The fourth-order valence-electron chi connectivity index (χ4n) is 8.93. The molecule has 1 unspecified atom stereocenters. The number of amides is 1. The number of aryl methyl sites for hydroxylation is 2. The molecule has 5 aliphatic heterocycles. The van der Waals surface area contributed by atoms with Crippen LogP contribution >= 0.6 is 27.7 Å². The Morgan fingerprint density at radius 1 is 1.10 bits per heavy atom. The first-order valence-electron chi connectivity index (χ1n) is 20.0. The quantitative estimate of drug-likeness (QED) is 0.154. The summed E-state index contributed by atoms with van der Waals surface area (Å²) in [6.07, 6.45) is 5.01. The predicted octanol–water partition coefficient (Wildman–Crippen LogP) is 5.95. The molecule has 5 aromatic rings. The number of carbonyl (C=O) groups excluding carboxylic acids is 2. The Morgan fingerprint density at radius 3 is 2.68 bits per heavy atom. The molecule has 0 spiro atoms. The number of likely N-dealkylation sites (tertiary alicyclic amines) is 1. The van der Waals surface area contributed by atoms with E-state index < -0.39 is 23.9 Å². The molecule has 16 nitrogen and oxygen atoms in total. The zero-order valence-electron chi connectivity index (χ0n) is 32.8. The number of fused-ring (bicyclic) bond motifs is 6. The molecule has 0 radical (unpaired) electrons. The van der Waals surface area contributed by atoms with Crippen LogP contribution in [0.4, 0.5) is 10.6 Å². The summed E-state index contributed by atoms with van der Waals surface area (Å²) in [6, 6.07) is 9.28. The molecule has 1 amide bonds. The van der Waals surface area contributed by atoms with Crippen molar-refractivity contribution in [1.82, 2.24) is 34.3 Å². The van der Waals surface area contributed by atoms with Crippen LogP contribution in [0.5, 0.6) is 17.2 Å². The maximum atomic E-state index is 13.5. The lowest BCUT2D eigenvalue weighted by atomic mass is 9.82. The van der Waals surface area contributed by atoms with Gasteiger partial charge in [-0.25, -0.2) is 29.5 Å². The van der Waals surface area contributed by atoms with Crippen LogP contribution in [0.3, 0.4) is 0 Å². The van der Waals surface area contributed by atoms with Crippen LogP contribution < -0.4 is 19.9 Å². The molecule has 310 valence electrons. The van der Waals surface area contributed by atoms with E-state index in [1.165, 1.54) is 18.1 Å². The van der Waals surface area contributed by atoms with E-state index >= 15 is 0 Å². The largest absolute Gasteiger partial charge is 0.459 e. The highest BCUT2D eigenvalue weighted by Gasteiger charge is 2.49. The Kier molecular flexibility index (Phi) is 9.64. The minimum Gasteiger partial charge on any atom is -0.459 e. The molecule has 3 aromatic heterocycles. The zero-order valence-corrected chi connectivity index (χ0v) is 35.2. The number of aliphatic hydroxyl groups is 2. The van der Waals surface area contributed by atoms with Gasteiger partial charge in [0.05, 0.1) is 16.9 Å². The molecule has 4 N–H and O–H groups in total. The maximum absolute atomic E-state index is 13.5. The van der Waals surface area contributed by atoms with Crippen molar-refractivity contribution in [3.8, 4) is 17.2 Å². The molecule has 2 aromatic carbocycles. The number of benzene rings is 2. The lowest BCUT2D eigenvalue weighted by molar-refractivity contribution is -0.164. The monoisotopic (exact) mass is 896 g/mol. The van der Waals surface area contributed by atoms with Gasteiger partial charge in [-0.15, -0.1) is 0 Å². The highest BCUT2D eigenvalue weighted by atomic mass is 79.9. The molecule has 60 heavy (non-hydrogen) atoms. The number of nitrogen functional groups attached to an aromatic ring is 1. The number of hydrogen-bond donors (Lipinski definition) is 3. The van der Waals surface area contributed by atoms with Crippen molar-refractivity contribution in [2.75, 3.05) is 32.2 Å². The number of aliphatic hydroxyl groups excluding tert-OH is 1. The van der Waals surface area contributed by atoms with Crippen molar-refractivity contribution in [2.45, 2.75) is 80.9 Å². The molecular weight excluding hydrogens is 856 g/mol. The fourth-order valence-corrected chi connectivity index (χ4v) is 10.4. The van der Waals surface area contributed by atoms with Gasteiger partial charge in [-0.05, 0) is 95.9 Å². The van der Waals surface area contributed by atoms with Crippen LogP contribution in [0, 0.1) is 5.92 Å². The normalized spacial score (nSPS) is 21.0. The number of halogens is 1. The number of hydrogen-bond acceptors (Lipinski definition) is 15. The van der Waals surface area contributed by atoms with Gasteiger partial charge in [0.1, 0.15) is 18.7 Å². The van der Waals surface area contributed by atoms with E-state index in [9.17, 15) is 19.8 Å². The van der Waals surface area contributed by atoms with Crippen molar-refractivity contribution in [2.24, 2.45) is 5.92 Å². The summed E-state index contributed by atoms with van der Waals surface area (Å²) in [5, 5.41) is 24.4. The molecule has 0 bridgehead atoms. The van der Waals surface area contributed by atoms with Crippen molar-refractivity contribution in [1.29, 1.82) is 0 Å². The Bertz CT molecular complexity index is 2700. The number of nitrogens with two attached hydrogens (primary N) is 1. The second kappa shape index (κ2) is 14.9. The summed E-state index contributed by atoms with van der Waals surface area (Å²) in [5.74, 6) is 1.75. The Balaban J connectivity index is 0.820. The Hall–Kier alpha value is -5.43. The number of cyclic esters (lactones) is 1. The average molecular weight is 898 g/mol. The number of rotatable bonds is 8. The number of imidazole rings is 1. The maximum Gasteiger partial charge on any atom is 0.415 e. The van der Waals surface area contributed by atoms with Gasteiger partial charge < -0.3 is 49.3 Å². The molecular formula is C42H41BrN8O8S. The second-order valence-corrected chi connectivity index (χ2v) is 17.4. The van der Waals surface area contributed by atoms with E-state index in [0.717, 1.165) is 50.3 Å². The van der Waals surface area contributed by atoms with Gasteiger partial charge in [-0.3, -0.25) is 0 Å². The highest BCUT2D eigenvalue weighted by Crippen LogP contribution is 2.47. The molecule has 1 fully saturated rings. The number of esters is 1. The summed E-state index contributed by atoms with van der Waals surface area (Å²) in [7, 11) is 0. The molecule has 0 aliphatic carbocycles. The number of pyridine rings is 1. The molecule has 5 aliphatic rings. The lowest BCUT2D eigenvalue weighted by Gasteiger charge is -2.40. The minimum absolute atomic E-state index is 0.0893. The van der Waals surface area contributed by atoms with Gasteiger partial charge in [0, 0.05) is 57.6 Å². The molecule has 2 atom stereocenters. The average Bonchev–Trinajstić information content (AvgIpc) is 3.97.